The van der Waals surface area contributed by atoms with Crippen molar-refractivity contribution in [3.05, 3.63) is 138 Å². The fraction of sp³-hybridized carbons (Fsp3) is 0.171. The molecule has 2 aromatic carbocycles. The summed E-state index contributed by atoms with van der Waals surface area (Å²) in [6, 6.07) is 14.9. The van der Waals surface area contributed by atoms with E-state index in [0.717, 1.165) is 67.2 Å². The number of hydrogen-bond acceptors (Lipinski definition) is 2. The van der Waals surface area contributed by atoms with Gasteiger partial charge in [-0.05, 0) is 78.6 Å². The van der Waals surface area contributed by atoms with Crippen LogP contribution in [0, 0.1) is 18.2 Å². The van der Waals surface area contributed by atoms with Crippen LogP contribution in [-0.2, 0) is 0 Å². The molecule has 0 spiro atoms. The van der Waals surface area contributed by atoms with E-state index in [2.05, 4.69) is 91.4 Å². The lowest BCUT2D eigenvalue weighted by Crippen LogP contribution is -2.22. The quantitative estimate of drug-likeness (QED) is 0.188. The zero-order valence-corrected chi connectivity index (χ0v) is 24.0. The molecule has 0 radical (unpaired) electrons. The van der Waals surface area contributed by atoms with Crippen LogP contribution >= 0.6 is 0 Å². The summed E-state index contributed by atoms with van der Waals surface area (Å²) in [7, 11) is 0. The summed E-state index contributed by atoms with van der Waals surface area (Å²) in [6.45, 7) is 22.4. The zero-order valence-electron chi connectivity index (χ0n) is 24.0. The first-order valence-corrected chi connectivity index (χ1v) is 13.3. The molecular formula is C35H37FN4. The van der Waals surface area contributed by atoms with Gasteiger partial charge in [0, 0.05) is 33.5 Å². The maximum atomic E-state index is 14.0. The Morgan fingerprint density at radius 3 is 2.48 bits per heavy atom. The molecule has 204 valence electrons. The van der Waals surface area contributed by atoms with Gasteiger partial charge in [0.25, 0.3) is 0 Å². The summed E-state index contributed by atoms with van der Waals surface area (Å²) in [5.41, 5.74) is 10.0. The number of allylic oxidation sites excluding steroid dienone is 7. The van der Waals surface area contributed by atoms with Gasteiger partial charge < -0.3 is 10.3 Å². The molecule has 4 rings (SSSR count). The Morgan fingerprint density at radius 2 is 1.82 bits per heavy atom. The third-order valence-electron chi connectivity index (χ3n) is 6.92. The highest BCUT2D eigenvalue weighted by Gasteiger charge is 2.18. The minimum Gasteiger partial charge on any atom is -0.359 e. The molecule has 4 aromatic rings. The van der Waals surface area contributed by atoms with Crippen LogP contribution in [0.15, 0.2) is 110 Å². The minimum absolute atomic E-state index is 0.0782. The number of aryl methyl sites for hydroxylation is 1. The lowest BCUT2D eigenvalue weighted by atomic mass is 9.92. The monoisotopic (exact) mass is 532 g/mol. The van der Waals surface area contributed by atoms with Crippen molar-refractivity contribution in [2.75, 3.05) is 0 Å². The summed E-state index contributed by atoms with van der Waals surface area (Å²) in [5, 5.41) is 12.2. The first-order valence-electron chi connectivity index (χ1n) is 13.3. The van der Waals surface area contributed by atoms with Crippen molar-refractivity contribution in [1.29, 1.82) is 0 Å². The van der Waals surface area contributed by atoms with Crippen molar-refractivity contribution in [3.8, 4) is 11.4 Å². The van der Waals surface area contributed by atoms with E-state index in [-0.39, 0.29) is 11.2 Å². The third kappa shape index (κ3) is 5.99. The second kappa shape index (κ2) is 11.6. The number of hydrogen-bond donors (Lipinski definition) is 3. The Kier molecular flexibility index (Phi) is 8.24. The number of fused-ring (bicyclic) bond motifs is 1. The van der Waals surface area contributed by atoms with Gasteiger partial charge >= 0.3 is 0 Å². The summed E-state index contributed by atoms with van der Waals surface area (Å²) >= 11 is 0. The maximum Gasteiger partial charge on any atom is 0.123 e. The minimum atomic E-state index is -0.280. The van der Waals surface area contributed by atoms with Gasteiger partial charge in [0.1, 0.15) is 11.5 Å². The van der Waals surface area contributed by atoms with E-state index in [4.69, 9.17) is 0 Å². The van der Waals surface area contributed by atoms with Gasteiger partial charge in [-0.3, -0.25) is 5.10 Å². The van der Waals surface area contributed by atoms with Crippen molar-refractivity contribution in [2.45, 2.75) is 34.6 Å². The molecular weight excluding hydrogens is 495 g/mol. The third-order valence-corrected chi connectivity index (χ3v) is 6.92. The number of rotatable bonds is 9. The highest BCUT2D eigenvalue weighted by atomic mass is 19.1. The van der Waals surface area contributed by atoms with Gasteiger partial charge in [-0.1, -0.05) is 76.9 Å². The Labute approximate surface area is 236 Å². The molecule has 5 heteroatoms. The van der Waals surface area contributed by atoms with E-state index in [0.29, 0.717) is 0 Å². The maximum absolute atomic E-state index is 14.0. The average molecular weight is 533 g/mol. The topological polar surface area (TPSA) is 56.5 Å². The molecule has 0 saturated carbocycles. The number of aromatic amines is 2. The number of nitrogens with one attached hydrogen (secondary N) is 3. The molecule has 3 N–H and O–H groups in total. The Balaban J connectivity index is 1.75. The molecule has 2 heterocycles. The van der Waals surface area contributed by atoms with Crippen LogP contribution < -0.4 is 5.32 Å². The molecule has 0 fully saturated rings. The lowest BCUT2D eigenvalue weighted by molar-refractivity contribution is 0.478. The molecule has 0 bridgehead atoms. The molecule has 0 aliphatic heterocycles. The van der Waals surface area contributed by atoms with Gasteiger partial charge in [-0.2, -0.15) is 5.10 Å². The number of nitrogens with zero attached hydrogens (tertiary/aromatic N) is 1. The second-order valence-corrected chi connectivity index (χ2v) is 10.8. The number of halogens is 1. The molecule has 0 unspecified atom stereocenters. The zero-order chi connectivity index (χ0) is 29.0. The largest absolute Gasteiger partial charge is 0.359 e. The second-order valence-electron chi connectivity index (χ2n) is 10.8. The van der Waals surface area contributed by atoms with Crippen molar-refractivity contribution in [2.24, 2.45) is 5.41 Å². The van der Waals surface area contributed by atoms with E-state index in [9.17, 15) is 4.39 Å². The average Bonchev–Trinajstić information content (AvgIpc) is 3.51. The molecule has 0 amide bonds. The Bertz CT molecular complexity index is 1680. The smallest absolute Gasteiger partial charge is 0.123 e. The molecule has 0 saturated heterocycles. The van der Waals surface area contributed by atoms with E-state index in [1.807, 2.05) is 32.1 Å². The van der Waals surface area contributed by atoms with Gasteiger partial charge in [-0.15, -0.1) is 0 Å². The fourth-order valence-corrected chi connectivity index (χ4v) is 4.49. The summed E-state index contributed by atoms with van der Waals surface area (Å²) < 4.78 is 14.0. The first-order chi connectivity index (χ1) is 19.0. The summed E-state index contributed by atoms with van der Waals surface area (Å²) in [5.74, 6) is -0.280. The van der Waals surface area contributed by atoms with Crippen LogP contribution in [-0.4, -0.2) is 15.2 Å². The molecule has 4 nitrogen and oxygen atoms in total. The molecule has 0 aliphatic carbocycles. The molecule has 0 atom stereocenters. The molecule has 2 aromatic heterocycles. The predicted octanol–water partition coefficient (Wildman–Crippen LogP) is 9.25. The standard InChI is InChI=1S/C35H37FN4/c1-9-13-29(26-14-12-15-27(36)18-26)30-21-33(37-22(30)4)34-31-20-25(16-17-32(31)39-40-34)24(10-2)19-28(11-3)38-23(5)35(6,7)8/h9-21,37-38H,1,3,5H2,2,4,6-8H3,(H,39,40)/b24-10+,28-19+,29-13-. The van der Waals surface area contributed by atoms with Crippen LogP contribution in [0.3, 0.4) is 0 Å². The Hall–Kier alpha value is -4.64. The van der Waals surface area contributed by atoms with Crippen molar-refractivity contribution in [1.82, 2.24) is 20.5 Å². The van der Waals surface area contributed by atoms with E-state index in [1.165, 1.54) is 12.1 Å². The van der Waals surface area contributed by atoms with Crippen molar-refractivity contribution < 1.29 is 4.39 Å². The Morgan fingerprint density at radius 1 is 1.05 bits per heavy atom. The normalized spacial score (nSPS) is 13.0. The number of aromatic nitrogens is 3. The van der Waals surface area contributed by atoms with Crippen LogP contribution in [0.5, 0.6) is 0 Å². The highest BCUT2D eigenvalue weighted by Crippen LogP contribution is 2.34. The number of H-pyrrole nitrogens is 2. The van der Waals surface area contributed by atoms with Crippen LogP contribution in [0.1, 0.15) is 50.1 Å². The summed E-state index contributed by atoms with van der Waals surface area (Å²) in [6.07, 6.45) is 9.58. The summed E-state index contributed by atoms with van der Waals surface area (Å²) in [4.78, 5) is 3.49. The lowest BCUT2D eigenvalue weighted by Gasteiger charge is -2.24. The van der Waals surface area contributed by atoms with Crippen LogP contribution in [0.25, 0.3) is 33.4 Å². The van der Waals surface area contributed by atoms with Crippen LogP contribution in [0.2, 0.25) is 0 Å². The fourth-order valence-electron chi connectivity index (χ4n) is 4.49. The molecule has 40 heavy (non-hydrogen) atoms. The number of benzene rings is 2. The van der Waals surface area contributed by atoms with Gasteiger partial charge in [0.15, 0.2) is 0 Å². The van der Waals surface area contributed by atoms with Crippen molar-refractivity contribution in [3.63, 3.8) is 0 Å². The first kappa shape index (κ1) is 28.4. The SMILES string of the molecule is C=C/C=C(/c1cccc(F)c1)c1cc(-c2n[nH]c3ccc(C(/C=C(\C=C)NC(=C)C(C)(C)C)=C/C)cc23)[nH]c1C. The van der Waals surface area contributed by atoms with E-state index < -0.39 is 0 Å². The molecule has 0 aliphatic rings. The highest BCUT2D eigenvalue weighted by molar-refractivity contribution is 5.96. The van der Waals surface area contributed by atoms with E-state index in [1.54, 1.807) is 18.2 Å². The van der Waals surface area contributed by atoms with Gasteiger partial charge in [0.2, 0.25) is 0 Å². The van der Waals surface area contributed by atoms with Gasteiger partial charge in [0.05, 0.1) is 11.2 Å². The van der Waals surface area contributed by atoms with Crippen LogP contribution in [0.4, 0.5) is 4.39 Å². The van der Waals surface area contributed by atoms with Gasteiger partial charge in [-0.25, -0.2) is 4.39 Å². The van der Waals surface area contributed by atoms with Crippen molar-refractivity contribution >= 4 is 22.0 Å². The van der Waals surface area contributed by atoms with E-state index >= 15 is 0 Å². The predicted molar refractivity (Wildman–Crippen MR) is 168 cm³/mol.